The van der Waals surface area contributed by atoms with Crippen LogP contribution in [-0.4, -0.2) is 45.6 Å². The lowest BCUT2D eigenvalue weighted by Gasteiger charge is -2.22. The number of benzene rings is 2. The Morgan fingerprint density at radius 1 is 0.917 bits per heavy atom. The Morgan fingerprint density at radius 3 is 2.17 bits per heavy atom. The van der Waals surface area contributed by atoms with Crippen LogP contribution in [0.3, 0.4) is 0 Å². The maximum absolute atomic E-state index is 4.38. The van der Waals surface area contributed by atoms with Crippen molar-refractivity contribution in [3.05, 3.63) is 65.7 Å². The Kier molecular flexibility index (Phi) is 6.67. The van der Waals surface area contributed by atoms with Crippen molar-refractivity contribution in [3.63, 3.8) is 0 Å². The van der Waals surface area contributed by atoms with E-state index >= 15 is 0 Å². The zero-order valence-corrected chi connectivity index (χ0v) is 15.2. The average Bonchev–Trinajstić information content (AvgIpc) is 2.60. The van der Waals surface area contributed by atoms with Crippen LogP contribution in [0.2, 0.25) is 0 Å². The summed E-state index contributed by atoms with van der Waals surface area (Å²) in [6.45, 7) is 1.71. The minimum absolute atomic E-state index is 0.845. The Balaban J connectivity index is 1.83. The highest BCUT2D eigenvalue weighted by atomic mass is 15.3. The first-order chi connectivity index (χ1) is 11.6. The highest BCUT2D eigenvalue weighted by molar-refractivity contribution is 5.79. The number of nitrogens with one attached hydrogen (secondary N) is 1. The SMILES string of the molecule is CN=C(NCCc1ccc(N(C)C)cc1)N(C)Cc1ccccc1. The average molecular weight is 324 g/mol. The van der Waals surface area contributed by atoms with Crippen molar-refractivity contribution in [1.82, 2.24) is 10.2 Å². The van der Waals surface area contributed by atoms with Gasteiger partial charge in [-0.15, -0.1) is 0 Å². The molecule has 0 aliphatic rings. The molecule has 0 atom stereocenters. The zero-order valence-electron chi connectivity index (χ0n) is 15.2. The van der Waals surface area contributed by atoms with Crippen molar-refractivity contribution in [2.75, 3.05) is 39.6 Å². The topological polar surface area (TPSA) is 30.9 Å². The Bertz CT molecular complexity index is 632. The van der Waals surface area contributed by atoms with Gasteiger partial charge in [-0.1, -0.05) is 42.5 Å². The summed E-state index contributed by atoms with van der Waals surface area (Å²) in [5.74, 6) is 0.920. The van der Waals surface area contributed by atoms with E-state index in [2.05, 4.69) is 89.8 Å². The molecule has 0 aromatic heterocycles. The van der Waals surface area contributed by atoms with Crippen LogP contribution in [0.1, 0.15) is 11.1 Å². The molecule has 2 rings (SSSR count). The van der Waals surface area contributed by atoms with Crippen molar-refractivity contribution in [1.29, 1.82) is 0 Å². The first-order valence-corrected chi connectivity index (χ1v) is 8.32. The van der Waals surface area contributed by atoms with Gasteiger partial charge in [0.2, 0.25) is 0 Å². The van der Waals surface area contributed by atoms with E-state index in [1.165, 1.54) is 16.8 Å². The van der Waals surface area contributed by atoms with Crippen molar-refractivity contribution in [2.45, 2.75) is 13.0 Å². The number of aliphatic imine (C=N–C) groups is 1. The van der Waals surface area contributed by atoms with Gasteiger partial charge in [0.25, 0.3) is 0 Å². The van der Waals surface area contributed by atoms with E-state index in [1.807, 2.05) is 13.1 Å². The van der Waals surface area contributed by atoms with Gasteiger partial charge in [0, 0.05) is 47.0 Å². The van der Waals surface area contributed by atoms with E-state index in [9.17, 15) is 0 Å². The van der Waals surface area contributed by atoms with Gasteiger partial charge in [0.15, 0.2) is 5.96 Å². The maximum atomic E-state index is 4.38. The fourth-order valence-electron chi connectivity index (χ4n) is 2.60. The van der Waals surface area contributed by atoms with Crippen molar-refractivity contribution in [2.24, 2.45) is 4.99 Å². The molecule has 0 amide bonds. The molecule has 128 valence electrons. The van der Waals surface area contributed by atoms with E-state index in [0.29, 0.717) is 0 Å². The molecular weight excluding hydrogens is 296 g/mol. The van der Waals surface area contributed by atoms with E-state index in [1.54, 1.807) is 0 Å². The van der Waals surface area contributed by atoms with Gasteiger partial charge in [0.05, 0.1) is 0 Å². The van der Waals surface area contributed by atoms with Crippen LogP contribution in [0.5, 0.6) is 0 Å². The predicted molar refractivity (Wildman–Crippen MR) is 104 cm³/mol. The molecule has 4 nitrogen and oxygen atoms in total. The van der Waals surface area contributed by atoms with Gasteiger partial charge in [0.1, 0.15) is 0 Å². The molecule has 0 bridgehead atoms. The molecule has 0 heterocycles. The number of guanidine groups is 1. The van der Waals surface area contributed by atoms with Gasteiger partial charge in [-0.3, -0.25) is 4.99 Å². The Hall–Kier alpha value is -2.49. The maximum Gasteiger partial charge on any atom is 0.193 e. The van der Waals surface area contributed by atoms with Gasteiger partial charge in [-0.2, -0.15) is 0 Å². The first-order valence-electron chi connectivity index (χ1n) is 8.32. The zero-order chi connectivity index (χ0) is 17.4. The third-order valence-corrected chi connectivity index (χ3v) is 3.99. The number of hydrogen-bond acceptors (Lipinski definition) is 2. The standard InChI is InChI=1S/C20H28N4/c1-21-20(24(4)16-18-8-6-5-7-9-18)22-15-14-17-10-12-19(13-11-17)23(2)3/h5-13H,14-16H2,1-4H3,(H,21,22). The lowest BCUT2D eigenvalue weighted by molar-refractivity contribution is 0.477. The van der Waals surface area contributed by atoms with E-state index in [0.717, 1.165) is 25.5 Å². The fourth-order valence-corrected chi connectivity index (χ4v) is 2.60. The highest BCUT2D eigenvalue weighted by Crippen LogP contribution is 2.12. The smallest absolute Gasteiger partial charge is 0.193 e. The summed E-state index contributed by atoms with van der Waals surface area (Å²) in [6.07, 6.45) is 0.978. The molecule has 1 N–H and O–H groups in total. The number of hydrogen-bond donors (Lipinski definition) is 1. The third-order valence-electron chi connectivity index (χ3n) is 3.99. The number of nitrogens with zero attached hydrogens (tertiary/aromatic N) is 3. The molecule has 0 saturated heterocycles. The van der Waals surface area contributed by atoms with Crippen LogP contribution in [0.4, 0.5) is 5.69 Å². The molecule has 2 aromatic rings. The highest BCUT2D eigenvalue weighted by Gasteiger charge is 2.06. The molecule has 0 saturated carbocycles. The van der Waals surface area contributed by atoms with Crippen LogP contribution in [0.15, 0.2) is 59.6 Å². The number of anilines is 1. The minimum atomic E-state index is 0.845. The predicted octanol–water partition coefficient (Wildman–Crippen LogP) is 3.00. The molecule has 0 aliphatic heterocycles. The molecule has 2 aromatic carbocycles. The first kappa shape index (κ1) is 17.9. The minimum Gasteiger partial charge on any atom is -0.378 e. The van der Waals surface area contributed by atoms with Crippen LogP contribution in [-0.2, 0) is 13.0 Å². The van der Waals surface area contributed by atoms with Gasteiger partial charge < -0.3 is 15.1 Å². The van der Waals surface area contributed by atoms with Gasteiger partial charge in [-0.05, 0) is 29.7 Å². The summed E-state index contributed by atoms with van der Waals surface area (Å²) in [7, 11) is 8.01. The molecule has 0 spiro atoms. The van der Waals surface area contributed by atoms with Crippen LogP contribution < -0.4 is 10.2 Å². The summed E-state index contributed by atoms with van der Waals surface area (Å²) < 4.78 is 0. The molecule has 4 heteroatoms. The molecule has 0 unspecified atom stereocenters. The monoisotopic (exact) mass is 324 g/mol. The van der Waals surface area contributed by atoms with Crippen molar-refractivity contribution in [3.8, 4) is 0 Å². The third kappa shape index (κ3) is 5.30. The van der Waals surface area contributed by atoms with Crippen LogP contribution in [0, 0.1) is 0 Å². The van der Waals surface area contributed by atoms with E-state index in [-0.39, 0.29) is 0 Å². The molecule has 0 aliphatic carbocycles. The van der Waals surface area contributed by atoms with E-state index in [4.69, 9.17) is 0 Å². The molecule has 24 heavy (non-hydrogen) atoms. The normalized spacial score (nSPS) is 11.2. The van der Waals surface area contributed by atoms with Gasteiger partial charge in [-0.25, -0.2) is 0 Å². The van der Waals surface area contributed by atoms with Crippen molar-refractivity contribution < 1.29 is 0 Å². The quantitative estimate of drug-likeness (QED) is 0.654. The summed E-state index contributed by atoms with van der Waals surface area (Å²) in [4.78, 5) is 8.63. The second-order valence-electron chi connectivity index (χ2n) is 6.13. The largest absolute Gasteiger partial charge is 0.378 e. The molecular formula is C20H28N4. The lowest BCUT2D eigenvalue weighted by Crippen LogP contribution is -2.39. The van der Waals surface area contributed by atoms with Gasteiger partial charge >= 0.3 is 0 Å². The lowest BCUT2D eigenvalue weighted by atomic mass is 10.1. The van der Waals surface area contributed by atoms with Crippen LogP contribution >= 0.6 is 0 Å². The van der Waals surface area contributed by atoms with E-state index < -0.39 is 0 Å². The number of rotatable bonds is 6. The second kappa shape index (κ2) is 8.96. The second-order valence-corrected chi connectivity index (χ2v) is 6.13. The van der Waals surface area contributed by atoms with Crippen molar-refractivity contribution >= 4 is 11.6 Å². The summed E-state index contributed by atoms with van der Waals surface area (Å²) >= 11 is 0. The Morgan fingerprint density at radius 2 is 1.58 bits per heavy atom. The summed E-state index contributed by atoms with van der Waals surface area (Å²) in [5.41, 5.74) is 3.83. The fraction of sp³-hybridized carbons (Fsp3) is 0.350. The van der Waals surface area contributed by atoms with Crippen LogP contribution in [0.25, 0.3) is 0 Å². The molecule has 0 fully saturated rings. The Labute approximate surface area is 145 Å². The summed E-state index contributed by atoms with van der Waals surface area (Å²) in [5, 5.41) is 3.44. The molecule has 0 radical (unpaired) electrons. The summed E-state index contributed by atoms with van der Waals surface area (Å²) in [6, 6.07) is 19.1.